The first-order chi connectivity index (χ1) is 7.75. The molecule has 0 aliphatic carbocycles. The standard InChI is InChI=1S/C13H14N2S/c1-10(14)11-5-7-12(8-6-11)16-13-4-2-3-9-15-13/h2-10H,14H2,1H3/t10-/m1/s1. The first-order valence-corrected chi connectivity index (χ1v) is 6.02. The van der Waals surface area contributed by atoms with Crippen LogP contribution in [0.4, 0.5) is 0 Å². The minimum Gasteiger partial charge on any atom is -0.324 e. The van der Waals surface area contributed by atoms with Crippen LogP contribution in [-0.2, 0) is 0 Å². The average molecular weight is 230 g/mol. The van der Waals surface area contributed by atoms with Crippen LogP contribution < -0.4 is 5.73 Å². The summed E-state index contributed by atoms with van der Waals surface area (Å²) in [5.41, 5.74) is 6.95. The van der Waals surface area contributed by atoms with Gasteiger partial charge in [0.2, 0.25) is 0 Å². The first kappa shape index (κ1) is 11.2. The van der Waals surface area contributed by atoms with Crippen LogP contribution >= 0.6 is 11.8 Å². The highest BCUT2D eigenvalue weighted by molar-refractivity contribution is 7.99. The Morgan fingerprint density at radius 3 is 2.44 bits per heavy atom. The number of pyridine rings is 1. The summed E-state index contributed by atoms with van der Waals surface area (Å²) in [6.45, 7) is 1.99. The van der Waals surface area contributed by atoms with Gasteiger partial charge < -0.3 is 5.73 Å². The fourth-order valence-corrected chi connectivity index (χ4v) is 2.14. The third-order valence-electron chi connectivity index (χ3n) is 2.27. The molecule has 1 heterocycles. The molecule has 0 aliphatic rings. The van der Waals surface area contributed by atoms with E-state index in [-0.39, 0.29) is 6.04 Å². The monoisotopic (exact) mass is 230 g/mol. The molecule has 0 saturated heterocycles. The maximum absolute atomic E-state index is 5.80. The molecule has 0 saturated carbocycles. The van der Waals surface area contributed by atoms with Crippen molar-refractivity contribution >= 4 is 11.8 Å². The fraction of sp³-hybridized carbons (Fsp3) is 0.154. The molecule has 0 aliphatic heterocycles. The topological polar surface area (TPSA) is 38.9 Å². The van der Waals surface area contributed by atoms with E-state index in [1.54, 1.807) is 18.0 Å². The van der Waals surface area contributed by atoms with Crippen molar-refractivity contribution in [2.45, 2.75) is 22.9 Å². The summed E-state index contributed by atoms with van der Waals surface area (Å²) < 4.78 is 0. The summed E-state index contributed by atoms with van der Waals surface area (Å²) in [7, 11) is 0. The molecule has 16 heavy (non-hydrogen) atoms. The van der Waals surface area contributed by atoms with Crippen molar-refractivity contribution in [1.82, 2.24) is 4.98 Å². The van der Waals surface area contributed by atoms with Gasteiger partial charge >= 0.3 is 0 Å². The lowest BCUT2D eigenvalue weighted by atomic mass is 10.1. The van der Waals surface area contributed by atoms with Crippen molar-refractivity contribution in [3.05, 3.63) is 54.2 Å². The lowest BCUT2D eigenvalue weighted by molar-refractivity contribution is 0.817. The number of nitrogens with zero attached hydrogens (tertiary/aromatic N) is 1. The van der Waals surface area contributed by atoms with Crippen LogP contribution in [0.5, 0.6) is 0 Å². The van der Waals surface area contributed by atoms with E-state index >= 15 is 0 Å². The van der Waals surface area contributed by atoms with Gasteiger partial charge in [-0.15, -0.1) is 0 Å². The van der Waals surface area contributed by atoms with Gasteiger partial charge in [0, 0.05) is 17.1 Å². The number of benzene rings is 1. The number of rotatable bonds is 3. The Morgan fingerprint density at radius 2 is 1.88 bits per heavy atom. The van der Waals surface area contributed by atoms with E-state index in [0.717, 1.165) is 10.6 Å². The van der Waals surface area contributed by atoms with Crippen LogP contribution in [0, 0.1) is 0 Å². The highest BCUT2D eigenvalue weighted by Gasteiger charge is 2.00. The van der Waals surface area contributed by atoms with E-state index in [1.807, 2.05) is 25.1 Å². The summed E-state index contributed by atoms with van der Waals surface area (Å²) in [4.78, 5) is 5.45. The van der Waals surface area contributed by atoms with Gasteiger partial charge in [0.15, 0.2) is 0 Å². The molecule has 0 spiro atoms. The minimum atomic E-state index is 0.0916. The normalized spacial score (nSPS) is 12.4. The molecule has 1 aromatic heterocycles. The van der Waals surface area contributed by atoms with Gasteiger partial charge in [-0.05, 0) is 36.8 Å². The molecule has 0 unspecified atom stereocenters. The van der Waals surface area contributed by atoms with E-state index in [2.05, 4.69) is 29.2 Å². The predicted octanol–water partition coefficient (Wildman–Crippen LogP) is 3.25. The van der Waals surface area contributed by atoms with Gasteiger partial charge in [0.05, 0.1) is 0 Å². The molecule has 82 valence electrons. The molecular weight excluding hydrogens is 216 g/mol. The Morgan fingerprint density at radius 1 is 1.12 bits per heavy atom. The number of aromatic nitrogens is 1. The number of hydrogen-bond donors (Lipinski definition) is 1. The fourth-order valence-electron chi connectivity index (χ4n) is 1.37. The zero-order valence-corrected chi connectivity index (χ0v) is 9.95. The zero-order valence-electron chi connectivity index (χ0n) is 9.13. The smallest absolute Gasteiger partial charge is 0.101 e. The Labute approximate surface area is 99.9 Å². The second-order valence-electron chi connectivity index (χ2n) is 3.63. The molecule has 1 atom stereocenters. The van der Waals surface area contributed by atoms with E-state index in [4.69, 9.17) is 5.73 Å². The molecule has 2 N–H and O–H groups in total. The second kappa shape index (κ2) is 5.14. The third kappa shape index (κ3) is 2.84. The summed E-state index contributed by atoms with van der Waals surface area (Å²) in [6.07, 6.45) is 1.80. The second-order valence-corrected chi connectivity index (χ2v) is 4.72. The third-order valence-corrected chi connectivity index (χ3v) is 3.22. The largest absolute Gasteiger partial charge is 0.324 e. The Bertz CT molecular complexity index is 437. The lowest BCUT2D eigenvalue weighted by Gasteiger charge is -2.06. The van der Waals surface area contributed by atoms with Crippen molar-refractivity contribution in [1.29, 1.82) is 0 Å². The molecule has 1 aromatic carbocycles. The SMILES string of the molecule is C[C@@H](N)c1ccc(Sc2ccccn2)cc1. The van der Waals surface area contributed by atoms with Crippen molar-refractivity contribution in [3.8, 4) is 0 Å². The van der Waals surface area contributed by atoms with Gasteiger partial charge in [-0.2, -0.15) is 0 Å². The van der Waals surface area contributed by atoms with Crippen LogP contribution in [0.3, 0.4) is 0 Å². The summed E-state index contributed by atoms with van der Waals surface area (Å²) in [5.74, 6) is 0. The highest BCUT2D eigenvalue weighted by atomic mass is 32.2. The van der Waals surface area contributed by atoms with Crippen LogP contribution in [0.15, 0.2) is 58.6 Å². The molecule has 0 amide bonds. The van der Waals surface area contributed by atoms with Crippen molar-refractivity contribution < 1.29 is 0 Å². The lowest BCUT2D eigenvalue weighted by Crippen LogP contribution is -2.04. The van der Waals surface area contributed by atoms with Crippen LogP contribution in [0.25, 0.3) is 0 Å². The average Bonchev–Trinajstić information content (AvgIpc) is 2.31. The highest BCUT2D eigenvalue weighted by Crippen LogP contribution is 2.26. The maximum atomic E-state index is 5.80. The van der Waals surface area contributed by atoms with Gasteiger partial charge in [-0.25, -0.2) is 4.98 Å². The minimum absolute atomic E-state index is 0.0916. The van der Waals surface area contributed by atoms with Gasteiger partial charge in [0.1, 0.15) is 5.03 Å². The van der Waals surface area contributed by atoms with Crippen molar-refractivity contribution in [3.63, 3.8) is 0 Å². The first-order valence-electron chi connectivity index (χ1n) is 5.20. The molecular formula is C13H14N2S. The Kier molecular flexibility index (Phi) is 3.59. The van der Waals surface area contributed by atoms with Crippen LogP contribution in [0.1, 0.15) is 18.5 Å². The molecule has 3 heteroatoms. The molecule has 0 bridgehead atoms. The Balaban J connectivity index is 2.11. The molecule has 2 nitrogen and oxygen atoms in total. The number of hydrogen-bond acceptors (Lipinski definition) is 3. The summed E-state index contributed by atoms with van der Waals surface area (Å²) in [5, 5.41) is 1.01. The predicted molar refractivity (Wildman–Crippen MR) is 67.4 cm³/mol. The molecule has 2 rings (SSSR count). The van der Waals surface area contributed by atoms with E-state index in [0.29, 0.717) is 0 Å². The van der Waals surface area contributed by atoms with Gasteiger partial charge in [0.25, 0.3) is 0 Å². The van der Waals surface area contributed by atoms with E-state index in [9.17, 15) is 0 Å². The van der Waals surface area contributed by atoms with Gasteiger partial charge in [-0.3, -0.25) is 0 Å². The van der Waals surface area contributed by atoms with Gasteiger partial charge in [-0.1, -0.05) is 30.0 Å². The van der Waals surface area contributed by atoms with E-state index < -0.39 is 0 Å². The molecule has 2 aromatic rings. The Hall–Kier alpha value is -1.32. The quantitative estimate of drug-likeness (QED) is 0.879. The van der Waals surface area contributed by atoms with E-state index in [1.165, 1.54) is 4.90 Å². The molecule has 0 radical (unpaired) electrons. The van der Waals surface area contributed by atoms with Crippen LogP contribution in [-0.4, -0.2) is 4.98 Å². The van der Waals surface area contributed by atoms with Crippen LogP contribution in [0.2, 0.25) is 0 Å². The summed E-state index contributed by atoms with van der Waals surface area (Å²) in [6, 6.07) is 14.3. The number of nitrogens with two attached hydrogens (primary N) is 1. The zero-order chi connectivity index (χ0) is 11.4. The summed E-state index contributed by atoms with van der Waals surface area (Å²) >= 11 is 1.66. The van der Waals surface area contributed by atoms with Crippen molar-refractivity contribution in [2.24, 2.45) is 5.73 Å². The maximum Gasteiger partial charge on any atom is 0.101 e. The van der Waals surface area contributed by atoms with Crippen molar-refractivity contribution in [2.75, 3.05) is 0 Å². The molecule has 0 fully saturated rings.